The molecule has 2 rings (SSSR count). The van der Waals surface area contributed by atoms with Crippen molar-refractivity contribution in [3.63, 3.8) is 0 Å². The third-order valence-corrected chi connectivity index (χ3v) is 4.59. The second-order valence-corrected chi connectivity index (χ2v) is 6.92. The van der Waals surface area contributed by atoms with Gasteiger partial charge in [0.1, 0.15) is 12.3 Å². The van der Waals surface area contributed by atoms with Gasteiger partial charge in [-0.2, -0.15) is 0 Å². The van der Waals surface area contributed by atoms with Gasteiger partial charge in [0.2, 0.25) is 0 Å². The Hall–Kier alpha value is -2.28. The SMILES string of the molecule is CCOC(=O)N1CCC(NC(=O)C[NH+](C)Cc2ccc(OCC)cc2)CC1. The number of nitrogens with zero attached hydrogens (tertiary/aromatic N) is 1. The predicted octanol–water partition coefficient (Wildman–Crippen LogP) is 0.837. The van der Waals surface area contributed by atoms with Gasteiger partial charge in [0.25, 0.3) is 5.91 Å². The largest absolute Gasteiger partial charge is 0.494 e. The van der Waals surface area contributed by atoms with E-state index in [-0.39, 0.29) is 18.0 Å². The molecule has 1 atom stereocenters. The molecule has 0 radical (unpaired) electrons. The molecular weight excluding hydrogens is 346 g/mol. The highest BCUT2D eigenvalue weighted by molar-refractivity contribution is 5.77. The van der Waals surface area contributed by atoms with E-state index in [9.17, 15) is 9.59 Å². The summed E-state index contributed by atoms with van der Waals surface area (Å²) in [6.45, 7) is 7.26. The summed E-state index contributed by atoms with van der Waals surface area (Å²) < 4.78 is 10.5. The number of rotatable bonds is 8. The second kappa shape index (κ2) is 10.8. The summed E-state index contributed by atoms with van der Waals surface area (Å²) >= 11 is 0. The summed E-state index contributed by atoms with van der Waals surface area (Å²) in [5.74, 6) is 0.916. The zero-order chi connectivity index (χ0) is 19.6. The minimum atomic E-state index is -0.262. The van der Waals surface area contributed by atoms with E-state index in [4.69, 9.17) is 9.47 Å². The van der Waals surface area contributed by atoms with Gasteiger partial charge in [-0.15, -0.1) is 0 Å². The summed E-state index contributed by atoms with van der Waals surface area (Å²) in [4.78, 5) is 26.8. The molecule has 150 valence electrons. The number of nitrogens with one attached hydrogen (secondary N) is 2. The summed E-state index contributed by atoms with van der Waals surface area (Å²) in [6, 6.07) is 8.13. The highest BCUT2D eigenvalue weighted by atomic mass is 16.6. The number of benzene rings is 1. The Morgan fingerprint density at radius 2 is 1.81 bits per heavy atom. The Morgan fingerprint density at radius 1 is 1.15 bits per heavy atom. The van der Waals surface area contributed by atoms with Gasteiger partial charge in [0.05, 0.1) is 20.3 Å². The number of carbonyl (C=O) groups excluding carboxylic acids is 2. The van der Waals surface area contributed by atoms with Gasteiger partial charge in [-0.25, -0.2) is 4.79 Å². The van der Waals surface area contributed by atoms with E-state index in [1.165, 1.54) is 5.56 Å². The summed E-state index contributed by atoms with van der Waals surface area (Å²) in [5.41, 5.74) is 1.17. The van der Waals surface area contributed by atoms with Gasteiger partial charge in [0.15, 0.2) is 6.54 Å². The van der Waals surface area contributed by atoms with Crippen molar-refractivity contribution in [2.75, 3.05) is 39.9 Å². The standard InChI is InChI=1S/C20H31N3O4/c1-4-26-18-8-6-16(7-9-18)14-22(3)15-19(24)21-17-10-12-23(13-11-17)20(25)27-5-2/h6-9,17H,4-5,10-15H2,1-3H3,(H,21,24)/p+1. The Morgan fingerprint density at radius 3 is 2.41 bits per heavy atom. The molecule has 1 saturated heterocycles. The molecule has 1 aromatic rings. The van der Waals surface area contributed by atoms with Crippen molar-refractivity contribution >= 4 is 12.0 Å². The fourth-order valence-electron chi connectivity index (χ4n) is 3.26. The Bertz CT molecular complexity index is 598. The first kappa shape index (κ1) is 21.0. The van der Waals surface area contributed by atoms with Crippen molar-refractivity contribution in [3.05, 3.63) is 29.8 Å². The highest BCUT2D eigenvalue weighted by Gasteiger charge is 2.25. The Kier molecular flexibility index (Phi) is 8.39. The molecule has 27 heavy (non-hydrogen) atoms. The van der Waals surface area contributed by atoms with E-state index in [1.54, 1.807) is 11.8 Å². The zero-order valence-electron chi connectivity index (χ0n) is 16.6. The average molecular weight is 378 g/mol. The second-order valence-electron chi connectivity index (χ2n) is 6.92. The molecule has 0 aliphatic carbocycles. The normalized spacial score (nSPS) is 15.9. The Balaban J connectivity index is 1.70. The third-order valence-electron chi connectivity index (χ3n) is 4.59. The molecule has 7 heteroatoms. The number of piperidine rings is 1. The van der Waals surface area contributed by atoms with Crippen LogP contribution in [0.2, 0.25) is 0 Å². The van der Waals surface area contributed by atoms with Crippen LogP contribution in [0.4, 0.5) is 4.79 Å². The van der Waals surface area contributed by atoms with Crippen molar-refractivity contribution in [2.45, 2.75) is 39.3 Å². The molecular formula is C20H32N3O4+. The first-order valence-electron chi connectivity index (χ1n) is 9.75. The molecule has 0 bridgehead atoms. The maximum absolute atomic E-state index is 12.3. The van der Waals surface area contributed by atoms with Gasteiger partial charge < -0.3 is 24.6 Å². The van der Waals surface area contributed by atoms with Crippen LogP contribution in [-0.4, -0.2) is 62.8 Å². The first-order valence-corrected chi connectivity index (χ1v) is 9.75. The number of quaternary nitrogens is 1. The lowest BCUT2D eigenvalue weighted by Crippen LogP contribution is -3.09. The number of likely N-dealkylation sites (tertiary alicyclic amines) is 1. The monoisotopic (exact) mass is 378 g/mol. The average Bonchev–Trinajstić information content (AvgIpc) is 2.64. The van der Waals surface area contributed by atoms with Crippen LogP contribution < -0.4 is 15.0 Å². The maximum atomic E-state index is 12.3. The van der Waals surface area contributed by atoms with E-state index < -0.39 is 0 Å². The van der Waals surface area contributed by atoms with E-state index in [2.05, 4.69) is 5.32 Å². The van der Waals surface area contributed by atoms with Crippen molar-refractivity contribution in [1.29, 1.82) is 0 Å². The van der Waals surface area contributed by atoms with Crippen molar-refractivity contribution in [1.82, 2.24) is 10.2 Å². The molecule has 0 spiro atoms. The molecule has 1 unspecified atom stereocenters. The molecule has 2 amide bonds. The highest BCUT2D eigenvalue weighted by Crippen LogP contribution is 2.12. The van der Waals surface area contributed by atoms with Crippen LogP contribution in [0.25, 0.3) is 0 Å². The Labute approximate surface area is 161 Å². The van der Waals surface area contributed by atoms with E-state index in [0.29, 0.717) is 32.8 Å². The lowest BCUT2D eigenvalue weighted by molar-refractivity contribution is -0.885. The number of carbonyl (C=O) groups is 2. The van der Waals surface area contributed by atoms with Gasteiger partial charge in [0, 0.05) is 24.7 Å². The molecule has 1 fully saturated rings. The van der Waals surface area contributed by atoms with Crippen molar-refractivity contribution in [3.8, 4) is 5.75 Å². The van der Waals surface area contributed by atoms with Gasteiger partial charge in [-0.1, -0.05) is 0 Å². The molecule has 1 aliphatic heterocycles. The van der Waals surface area contributed by atoms with Gasteiger partial charge in [-0.3, -0.25) is 4.79 Å². The maximum Gasteiger partial charge on any atom is 0.409 e. The smallest absolute Gasteiger partial charge is 0.409 e. The van der Waals surface area contributed by atoms with Crippen LogP contribution in [0.15, 0.2) is 24.3 Å². The molecule has 2 N–H and O–H groups in total. The van der Waals surface area contributed by atoms with Gasteiger partial charge >= 0.3 is 6.09 Å². The lowest BCUT2D eigenvalue weighted by atomic mass is 10.1. The molecule has 1 heterocycles. The summed E-state index contributed by atoms with van der Waals surface area (Å²) in [6.07, 6.45) is 1.27. The fraction of sp³-hybridized carbons (Fsp3) is 0.600. The van der Waals surface area contributed by atoms with Crippen LogP contribution >= 0.6 is 0 Å². The number of hydrogen-bond donors (Lipinski definition) is 2. The number of amides is 2. The summed E-state index contributed by atoms with van der Waals surface area (Å²) in [5, 5.41) is 3.09. The summed E-state index contributed by atoms with van der Waals surface area (Å²) in [7, 11) is 2.01. The van der Waals surface area contributed by atoms with Crippen LogP contribution in [-0.2, 0) is 16.1 Å². The number of ether oxygens (including phenoxy) is 2. The predicted molar refractivity (Wildman–Crippen MR) is 103 cm³/mol. The minimum absolute atomic E-state index is 0.0491. The van der Waals surface area contributed by atoms with Crippen LogP contribution in [0, 0.1) is 0 Å². The van der Waals surface area contributed by atoms with E-state index in [0.717, 1.165) is 30.0 Å². The van der Waals surface area contributed by atoms with Crippen LogP contribution in [0.3, 0.4) is 0 Å². The fourth-order valence-corrected chi connectivity index (χ4v) is 3.26. The third kappa shape index (κ3) is 7.09. The quantitative estimate of drug-likeness (QED) is 0.703. The minimum Gasteiger partial charge on any atom is -0.494 e. The number of hydrogen-bond acceptors (Lipinski definition) is 4. The molecule has 1 aliphatic rings. The van der Waals surface area contributed by atoms with Crippen LogP contribution in [0.1, 0.15) is 32.3 Å². The van der Waals surface area contributed by atoms with Crippen LogP contribution in [0.5, 0.6) is 5.75 Å². The molecule has 0 saturated carbocycles. The topological polar surface area (TPSA) is 72.3 Å². The van der Waals surface area contributed by atoms with Gasteiger partial charge in [-0.05, 0) is 51.0 Å². The van der Waals surface area contributed by atoms with Crippen molar-refractivity contribution in [2.24, 2.45) is 0 Å². The lowest BCUT2D eigenvalue weighted by Gasteiger charge is -2.31. The number of likely N-dealkylation sites (N-methyl/N-ethyl adjacent to an activating group) is 1. The molecule has 7 nitrogen and oxygen atoms in total. The molecule has 0 aromatic heterocycles. The first-order chi connectivity index (χ1) is 13.0. The molecule has 1 aromatic carbocycles. The van der Waals surface area contributed by atoms with Crippen molar-refractivity contribution < 1.29 is 24.0 Å². The van der Waals surface area contributed by atoms with E-state index in [1.807, 2.05) is 38.2 Å². The van der Waals surface area contributed by atoms with E-state index >= 15 is 0 Å². The zero-order valence-corrected chi connectivity index (χ0v) is 16.6.